The number of aliphatic hydroxyl groups excluding tert-OH is 2. The second-order valence-corrected chi connectivity index (χ2v) is 3.30. The molecular weight excluding hydrogens is 168 g/mol. The van der Waals surface area contributed by atoms with Crippen molar-refractivity contribution in [2.24, 2.45) is 0 Å². The molecule has 1 aliphatic rings. The van der Waals surface area contributed by atoms with E-state index in [0.717, 1.165) is 0 Å². The van der Waals surface area contributed by atoms with E-state index in [4.69, 9.17) is 21.4 Å². The Kier molecular flexibility index (Phi) is 2.75. The molecule has 1 aliphatic heterocycles. The Morgan fingerprint density at radius 2 is 2.36 bits per heavy atom. The van der Waals surface area contributed by atoms with Gasteiger partial charge in [0, 0.05) is 6.42 Å². The summed E-state index contributed by atoms with van der Waals surface area (Å²) in [6.45, 7) is 1.63. The van der Waals surface area contributed by atoms with Crippen molar-refractivity contribution in [3.63, 3.8) is 0 Å². The lowest BCUT2D eigenvalue weighted by Gasteiger charge is -2.27. The van der Waals surface area contributed by atoms with Gasteiger partial charge in [0.25, 0.3) is 0 Å². The van der Waals surface area contributed by atoms with Crippen molar-refractivity contribution < 1.29 is 14.9 Å². The normalized spacial score (nSPS) is 44.7. The molecule has 0 unspecified atom stereocenters. The highest BCUT2D eigenvalue weighted by atomic mass is 35.5. The monoisotopic (exact) mass is 180 g/mol. The zero-order chi connectivity index (χ0) is 8.48. The van der Waals surface area contributed by atoms with Gasteiger partial charge in [-0.25, -0.2) is 0 Å². The highest BCUT2D eigenvalue weighted by Crippen LogP contribution is 2.31. The van der Waals surface area contributed by atoms with E-state index < -0.39 is 11.7 Å². The Bertz CT molecular complexity index is 136. The molecule has 0 radical (unpaired) electrons. The van der Waals surface area contributed by atoms with E-state index >= 15 is 0 Å². The van der Waals surface area contributed by atoms with Crippen LogP contribution in [0.2, 0.25) is 0 Å². The first-order valence-corrected chi connectivity index (χ1v) is 4.21. The number of hydrogen-bond acceptors (Lipinski definition) is 3. The first kappa shape index (κ1) is 9.26. The quantitative estimate of drug-likeness (QED) is 0.594. The van der Waals surface area contributed by atoms with Crippen molar-refractivity contribution in [2.75, 3.05) is 12.5 Å². The maximum Gasteiger partial charge on any atom is 0.131 e. The molecule has 11 heavy (non-hydrogen) atoms. The van der Waals surface area contributed by atoms with Crippen molar-refractivity contribution in [1.82, 2.24) is 0 Å². The number of aliphatic hydroxyl groups is 2. The molecule has 1 rings (SSSR count). The minimum atomic E-state index is -0.916. The van der Waals surface area contributed by atoms with Gasteiger partial charge in [0.15, 0.2) is 0 Å². The summed E-state index contributed by atoms with van der Waals surface area (Å²) in [5, 5.41) is 18.4. The molecule has 2 N–H and O–H groups in total. The third kappa shape index (κ3) is 1.51. The molecule has 0 aliphatic carbocycles. The van der Waals surface area contributed by atoms with Crippen molar-refractivity contribution in [1.29, 1.82) is 0 Å². The summed E-state index contributed by atoms with van der Waals surface area (Å²) >= 11 is 5.58. The van der Waals surface area contributed by atoms with Gasteiger partial charge in [-0.3, -0.25) is 0 Å². The average molecular weight is 181 g/mol. The van der Waals surface area contributed by atoms with Gasteiger partial charge >= 0.3 is 0 Å². The third-order valence-electron chi connectivity index (χ3n) is 2.09. The maximum absolute atomic E-state index is 9.44. The van der Waals surface area contributed by atoms with Crippen LogP contribution in [0.1, 0.15) is 13.3 Å². The van der Waals surface area contributed by atoms with Crippen LogP contribution in [0.3, 0.4) is 0 Å². The standard InChI is InChI=1S/C7H13ClO3/c1-5-2-6(10)7(3-8,4-9)11-5/h5-6,9-10H,2-4H2,1H3/t5-,6-,7+/m0/s1. The van der Waals surface area contributed by atoms with Crippen LogP contribution in [0.25, 0.3) is 0 Å². The number of ether oxygens (including phenoxy) is 1. The lowest BCUT2D eigenvalue weighted by Crippen LogP contribution is -2.45. The predicted octanol–water partition coefficient (Wildman–Crippen LogP) is 0.126. The maximum atomic E-state index is 9.44. The summed E-state index contributed by atoms with van der Waals surface area (Å²) < 4.78 is 5.33. The Morgan fingerprint density at radius 1 is 1.73 bits per heavy atom. The molecule has 0 spiro atoms. The average Bonchev–Trinajstić information content (AvgIpc) is 2.27. The Morgan fingerprint density at radius 3 is 2.55 bits per heavy atom. The van der Waals surface area contributed by atoms with Crippen LogP contribution < -0.4 is 0 Å². The van der Waals surface area contributed by atoms with Gasteiger partial charge < -0.3 is 14.9 Å². The van der Waals surface area contributed by atoms with Crippen LogP contribution in [-0.4, -0.2) is 40.5 Å². The van der Waals surface area contributed by atoms with E-state index in [1.54, 1.807) is 0 Å². The van der Waals surface area contributed by atoms with E-state index in [-0.39, 0.29) is 18.6 Å². The van der Waals surface area contributed by atoms with Gasteiger partial charge in [0.05, 0.1) is 24.7 Å². The molecule has 66 valence electrons. The number of hydrogen-bond donors (Lipinski definition) is 2. The SMILES string of the molecule is C[C@H]1C[C@H](O)[C@](CO)(CCl)O1. The van der Waals surface area contributed by atoms with Crippen LogP contribution in [0.5, 0.6) is 0 Å². The fraction of sp³-hybridized carbons (Fsp3) is 1.00. The molecule has 3 atom stereocenters. The highest BCUT2D eigenvalue weighted by Gasteiger charge is 2.45. The number of alkyl halides is 1. The van der Waals surface area contributed by atoms with Crippen LogP contribution in [0.4, 0.5) is 0 Å². The van der Waals surface area contributed by atoms with Crippen LogP contribution in [0.15, 0.2) is 0 Å². The summed E-state index contributed by atoms with van der Waals surface area (Å²) in [5.41, 5.74) is -0.916. The van der Waals surface area contributed by atoms with Gasteiger partial charge in [-0.15, -0.1) is 11.6 Å². The molecule has 1 fully saturated rings. The zero-order valence-electron chi connectivity index (χ0n) is 6.46. The van der Waals surface area contributed by atoms with E-state index in [0.29, 0.717) is 6.42 Å². The third-order valence-corrected chi connectivity index (χ3v) is 2.54. The lowest BCUT2D eigenvalue weighted by atomic mass is 10.00. The van der Waals surface area contributed by atoms with Gasteiger partial charge in [-0.1, -0.05) is 0 Å². The molecule has 1 saturated heterocycles. The van der Waals surface area contributed by atoms with Crippen LogP contribution in [0, 0.1) is 0 Å². The van der Waals surface area contributed by atoms with Crippen LogP contribution >= 0.6 is 11.6 Å². The summed E-state index contributed by atoms with van der Waals surface area (Å²) in [5.74, 6) is 0.134. The fourth-order valence-electron chi connectivity index (χ4n) is 1.36. The van der Waals surface area contributed by atoms with E-state index in [9.17, 15) is 5.11 Å². The van der Waals surface area contributed by atoms with Crippen molar-refractivity contribution in [3.8, 4) is 0 Å². The number of rotatable bonds is 2. The summed E-state index contributed by atoms with van der Waals surface area (Å²) in [4.78, 5) is 0. The molecule has 1 heterocycles. The van der Waals surface area contributed by atoms with Gasteiger partial charge in [0.1, 0.15) is 5.60 Å². The molecule has 0 aromatic heterocycles. The van der Waals surface area contributed by atoms with E-state index in [1.165, 1.54) is 0 Å². The second-order valence-electron chi connectivity index (χ2n) is 3.04. The Labute approximate surface area is 70.9 Å². The summed E-state index contributed by atoms with van der Waals surface area (Å²) in [6, 6.07) is 0. The van der Waals surface area contributed by atoms with Crippen molar-refractivity contribution >= 4 is 11.6 Å². The van der Waals surface area contributed by atoms with Crippen molar-refractivity contribution in [3.05, 3.63) is 0 Å². The largest absolute Gasteiger partial charge is 0.393 e. The molecular formula is C7H13ClO3. The van der Waals surface area contributed by atoms with Gasteiger partial charge in [0.2, 0.25) is 0 Å². The van der Waals surface area contributed by atoms with Crippen molar-refractivity contribution in [2.45, 2.75) is 31.2 Å². The summed E-state index contributed by atoms with van der Waals surface area (Å²) in [6.07, 6.45) is -0.108. The predicted molar refractivity (Wildman–Crippen MR) is 41.7 cm³/mol. The van der Waals surface area contributed by atoms with Gasteiger partial charge in [-0.2, -0.15) is 0 Å². The topological polar surface area (TPSA) is 49.7 Å². The number of halogens is 1. The smallest absolute Gasteiger partial charge is 0.131 e. The first-order valence-electron chi connectivity index (χ1n) is 3.67. The zero-order valence-corrected chi connectivity index (χ0v) is 7.21. The summed E-state index contributed by atoms with van der Waals surface area (Å²) in [7, 11) is 0. The molecule has 0 saturated carbocycles. The molecule has 0 aromatic carbocycles. The van der Waals surface area contributed by atoms with E-state index in [2.05, 4.69) is 0 Å². The second kappa shape index (κ2) is 3.27. The fourth-order valence-corrected chi connectivity index (χ4v) is 1.69. The highest BCUT2D eigenvalue weighted by molar-refractivity contribution is 6.18. The molecule has 4 heteroatoms. The van der Waals surface area contributed by atoms with Crippen LogP contribution in [-0.2, 0) is 4.74 Å². The Balaban J connectivity index is 2.67. The van der Waals surface area contributed by atoms with Gasteiger partial charge in [-0.05, 0) is 6.92 Å². The molecule has 0 bridgehead atoms. The minimum absolute atomic E-state index is 0.0177. The minimum Gasteiger partial charge on any atom is -0.393 e. The molecule has 0 aromatic rings. The lowest BCUT2D eigenvalue weighted by molar-refractivity contribution is -0.0920. The Hall–Kier alpha value is 0.170. The molecule has 0 amide bonds. The molecule has 3 nitrogen and oxygen atoms in total. The van der Waals surface area contributed by atoms with E-state index in [1.807, 2.05) is 6.92 Å². The first-order chi connectivity index (χ1) is 5.14.